The third-order valence-corrected chi connectivity index (χ3v) is 7.17. The maximum absolute atomic E-state index is 13.4. The Hall–Kier alpha value is -4.17. The van der Waals surface area contributed by atoms with Gasteiger partial charge in [0, 0.05) is 31.0 Å². The summed E-state index contributed by atoms with van der Waals surface area (Å²) in [6.45, 7) is 4.50. The number of nitrogens with zero attached hydrogens (tertiary/aromatic N) is 1. The fraction of sp³-hybridized carbons (Fsp3) is 0.344. The maximum atomic E-state index is 13.4. The smallest absolute Gasteiger partial charge is 0.407 e. The summed E-state index contributed by atoms with van der Waals surface area (Å²) >= 11 is 0. The molecule has 1 aliphatic carbocycles. The number of carbonyl (C=O) groups excluding carboxylic acids is 2. The lowest BCUT2D eigenvalue weighted by molar-refractivity contribution is -0.138. The highest BCUT2D eigenvalue weighted by atomic mass is 16.5. The van der Waals surface area contributed by atoms with Gasteiger partial charge in [0.15, 0.2) is 0 Å². The number of nitrogens with one attached hydrogen (secondary N) is 2. The third-order valence-electron chi connectivity index (χ3n) is 7.17. The molecule has 8 nitrogen and oxygen atoms in total. The molecule has 3 N–H and O–H groups in total. The number of ether oxygens (including phenoxy) is 1. The SMILES string of the molecule is CN(Cc1ccccc1)CC(NC(=O)OCC1c2ccccc2-c2ccccc21)C(=O)NC(C)(C)CCC(=O)O. The van der Waals surface area contributed by atoms with Crippen LogP contribution in [0.5, 0.6) is 0 Å². The molecule has 0 aromatic heterocycles. The van der Waals surface area contributed by atoms with Crippen LogP contribution in [0.1, 0.15) is 49.3 Å². The van der Waals surface area contributed by atoms with Crippen molar-refractivity contribution in [1.82, 2.24) is 15.5 Å². The number of carboxylic acid groups (broad SMARTS) is 1. The Morgan fingerprint density at radius 3 is 2.10 bits per heavy atom. The van der Waals surface area contributed by atoms with Crippen molar-refractivity contribution >= 4 is 18.0 Å². The molecular formula is C32H37N3O5. The number of carboxylic acids is 1. The molecule has 210 valence electrons. The van der Waals surface area contributed by atoms with Crippen LogP contribution in [0.25, 0.3) is 11.1 Å². The Labute approximate surface area is 235 Å². The van der Waals surface area contributed by atoms with E-state index in [0.29, 0.717) is 6.54 Å². The predicted molar refractivity (Wildman–Crippen MR) is 154 cm³/mol. The first-order valence-electron chi connectivity index (χ1n) is 13.5. The summed E-state index contributed by atoms with van der Waals surface area (Å²) in [5.74, 6) is -1.43. The number of amides is 2. The predicted octanol–water partition coefficient (Wildman–Crippen LogP) is 4.79. The number of hydrogen-bond donors (Lipinski definition) is 3. The number of aliphatic carboxylic acids is 1. The van der Waals surface area contributed by atoms with Crippen LogP contribution in [0.3, 0.4) is 0 Å². The van der Waals surface area contributed by atoms with E-state index in [1.54, 1.807) is 13.8 Å². The van der Waals surface area contributed by atoms with Gasteiger partial charge in [0.25, 0.3) is 0 Å². The molecule has 1 unspecified atom stereocenters. The number of benzene rings is 3. The van der Waals surface area contributed by atoms with Crippen LogP contribution in [0, 0.1) is 0 Å². The third kappa shape index (κ3) is 7.48. The summed E-state index contributed by atoms with van der Waals surface area (Å²) in [6.07, 6.45) is -0.504. The molecule has 1 atom stereocenters. The number of rotatable bonds is 12. The van der Waals surface area contributed by atoms with Crippen LogP contribution in [-0.4, -0.2) is 59.8 Å². The first-order valence-corrected chi connectivity index (χ1v) is 13.5. The van der Waals surface area contributed by atoms with Gasteiger partial charge in [0.1, 0.15) is 12.6 Å². The van der Waals surface area contributed by atoms with Gasteiger partial charge in [-0.25, -0.2) is 4.79 Å². The van der Waals surface area contributed by atoms with E-state index in [1.165, 1.54) is 0 Å². The van der Waals surface area contributed by atoms with Crippen molar-refractivity contribution in [2.75, 3.05) is 20.2 Å². The number of alkyl carbamates (subject to hydrolysis) is 1. The highest BCUT2D eigenvalue weighted by molar-refractivity contribution is 5.86. The molecule has 0 radical (unpaired) electrons. The molecule has 0 aliphatic heterocycles. The van der Waals surface area contributed by atoms with Gasteiger partial charge in [-0.2, -0.15) is 0 Å². The second kappa shape index (κ2) is 12.8. The molecule has 0 fully saturated rings. The summed E-state index contributed by atoms with van der Waals surface area (Å²) in [7, 11) is 1.88. The fourth-order valence-corrected chi connectivity index (χ4v) is 5.15. The van der Waals surface area contributed by atoms with Gasteiger partial charge in [-0.3, -0.25) is 14.5 Å². The second-order valence-electron chi connectivity index (χ2n) is 11.0. The highest BCUT2D eigenvalue weighted by Gasteiger charge is 2.31. The van der Waals surface area contributed by atoms with E-state index in [-0.39, 0.29) is 31.9 Å². The van der Waals surface area contributed by atoms with Crippen molar-refractivity contribution in [3.05, 3.63) is 95.6 Å². The van der Waals surface area contributed by atoms with Crippen molar-refractivity contribution in [3.8, 4) is 11.1 Å². The average molecular weight is 544 g/mol. The summed E-state index contributed by atoms with van der Waals surface area (Å²) in [6, 6.07) is 25.1. The molecule has 40 heavy (non-hydrogen) atoms. The van der Waals surface area contributed by atoms with Crippen molar-refractivity contribution < 1.29 is 24.2 Å². The lowest BCUT2D eigenvalue weighted by Gasteiger charge is -2.30. The summed E-state index contributed by atoms with van der Waals surface area (Å²) in [4.78, 5) is 39.4. The van der Waals surface area contributed by atoms with Crippen LogP contribution >= 0.6 is 0 Å². The molecule has 0 spiro atoms. The monoisotopic (exact) mass is 543 g/mol. The van der Waals surface area contributed by atoms with Crippen molar-refractivity contribution in [1.29, 1.82) is 0 Å². The Balaban J connectivity index is 1.44. The van der Waals surface area contributed by atoms with Gasteiger partial charge in [-0.15, -0.1) is 0 Å². The minimum absolute atomic E-state index is 0.0777. The van der Waals surface area contributed by atoms with Crippen LogP contribution in [0.15, 0.2) is 78.9 Å². The van der Waals surface area contributed by atoms with Gasteiger partial charge in [0.05, 0.1) is 0 Å². The van der Waals surface area contributed by atoms with E-state index < -0.39 is 29.6 Å². The van der Waals surface area contributed by atoms with Crippen molar-refractivity contribution in [3.63, 3.8) is 0 Å². The molecule has 0 saturated carbocycles. The highest BCUT2D eigenvalue weighted by Crippen LogP contribution is 2.44. The standard InChI is InChI=1S/C32H37N3O5/c1-32(2,18-17-29(36)37)34-30(38)28(20-35(3)19-22-11-5-4-6-12-22)33-31(39)40-21-27-25-15-9-7-13-23(25)24-14-8-10-16-26(24)27/h4-16,27-28H,17-21H2,1-3H3,(H,33,39)(H,34,38)(H,36,37). The molecule has 1 aliphatic rings. The zero-order chi connectivity index (χ0) is 28.7. The minimum Gasteiger partial charge on any atom is -0.481 e. The summed E-state index contributed by atoms with van der Waals surface area (Å²) in [5.41, 5.74) is 4.79. The van der Waals surface area contributed by atoms with E-state index in [9.17, 15) is 14.4 Å². The van der Waals surface area contributed by atoms with Gasteiger partial charge >= 0.3 is 12.1 Å². The number of likely N-dealkylation sites (N-methyl/N-ethyl adjacent to an activating group) is 1. The number of carbonyl (C=O) groups is 3. The quantitative estimate of drug-likeness (QED) is 0.303. The molecule has 8 heteroatoms. The van der Waals surface area contributed by atoms with Crippen LogP contribution in [0.4, 0.5) is 4.79 Å². The largest absolute Gasteiger partial charge is 0.481 e. The van der Waals surface area contributed by atoms with Crippen LogP contribution in [0.2, 0.25) is 0 Å². The van der Waals surface area contributed by atoms with E-state index in [0.717, 1.165) is 27.8 Å². The first-order chi connectivity index (χ1) is 19.1. The van der Waals surface area contributed by atoms with Crippen molar-refractivity contribution in [2.24, 2.45) is 0 Å². The van der Waals surface area contributed by atoms with Gasteiger partial charge in [-0.1, -0.05) is 78.9 Å². The maximum Gasteiger partial charge on any atom is 0.407 e. The van der Waals surface area contributed by atoms with Crippen LogP contribution in [-0.2, 0) is 20.9 Å². The number of fused-ring (bicyclic) bond motifs is 3. The van der Waals surface area contributed by atoms with E-state index in [1.807, 2.05) is 66.5 Å². The molecule has 0 bridgehead atoms. The van der Waals surface area contributed by atoms with E-state index >= 15 is 0 Å². The molecular weight excluding hydrogens is 506 g/mol. The van der Waals surface area contributed by atoms with E-state index in [2.05, 4.69) is 34.9 Å². The Kier molecular flexibility index (Phi) is 9.22. The zero-order valence-electron chi connectivity index (χ0n) is 23.2. The van der Waals surface area contributed by atoms with E-state index in [4.69, 9.17) is 9.84 Å². The molecule has 0 saturated heterocycles. The Morgan fingerprint density at radius 2 is 1.50 bits per heavy atom. The first kappa shape index (κ1) is 28.8. The second-order valence-corrected chi connectivity index (χ2v) is 11.0. The Bertz CT molecular complexity index is 1300. The van der Waals surface area contributed by atoms with Gasteiger partial charge in [-0.05, 0) is 55.1 Å². The summed E-state index contributed by atoms with van der Waals surface area (Å²) in [5, 5.41) is 14.7. The topological polar surface area (TPSA) is 108 Å². The molecule has 0 heterocycles. The average Bonchev–Trinajstić information content (AvgIpc) is 3.24. The normalized spacial score (nSPS) is 13.3. The number of hydrogen-bond acceptors (Lipinski definition) is 5. The lowest BCUT2D eigenvalue weighted by atomic mass is 9.97. The summed E-state index contributed by atoms with van der Waals surface area (Å²) < 4.78 is 5.70. The lowest BCUT2D eigenvalue weighted by Crippen LogP contribution is -2.56. The minimum atomic E-state index is -0.932. The molecule has 3 aromatic carbocycles. The zero-order valence-corrected chi connectivity index (χ0v) is 23.2. The molecule has 4 rings (SSSR count). The molecule has 3 aromatic rings. The van der Waals surface area contributed by atoms with Gasteiger partial charge < -0.3 is 20.5 Å². The van der Waals surface area contributed by atoms with Crippen molar-refractivity contribution in [2.45, 2.75) is 50.7 Å². The van der Waals surface area contributed by atoms with Gasteiger partial charge in [0.2, 0.25) is 5.91 Å². The molecule has 2 amide bonds. The fourth-order valence-electron chi connectivity index (χ4n) is 5.15. The Morgan fingerprint density at radius 1 is 0.925 bits per heavy atom. The van der Waals surface area contributed by atoms with Crippen LogP contribution < -0.4 is 10.6 Å².